The number of thioether (sulfide) groups is 1. The van der Waals surface area contributed by atoms with Gasteiger partial charge in [0, 0.05) is 15.7 Å². The molecular formula is C17H17BrN2O3S. The smallest absolute Gasteiger partial charge is 0.348 e. The number of benzene rings is 1. The quantitative estimate of drug-likeness (QED) is 0.688. The Bertz CT molecular complexity index is 838. The minimum absolute atomic E-state index is 0.408. The van der Waals surface area contributed by atoms with Crippen molar-refractivity contribution in [1.82, 2.24) is 9.72 Å². The van der Waals surface area contributed by atoms with Crippen LogP contribution in [0.2, 0.25) is 0 Å². The zero-order valence-electron chi connectivity index (χ0n) is 13.4. The normalized spacial score (nSPS) is 20.2. The Morgan fingerprint density at radius 2 is 2.12 bits per heavy atom. The van der Waals surface area contributed by atoms with E-state index in [0.717, 1.165) is 22.2 Å². The van der Waals surface area contributed by atoms with Crippen LogP contribution >= 0.6 is 27.7 Å². The SMILES string of the molecule is CC/C=C/COC1(c2ccc(Br)cc2)SC=C(C)n2c1noc2=O. The van der Waals surface area contributed by atoms with E-state index in [-0.39, 0.29) is 0 Å². The molecule has 1 aromatic heterocycles. The lowest BCUT2D eigenvalue weighted by Crippen LogP contribution is -2.35. The minimum atomic E-state index is -0.926. The summed E-state index contributed by atoms with van der Waals surface area (Å²) in [4.78, 5) is 11.1. The summed E-state index contributed by atoms with van der Waals surface area (Å²) in [5.41, 5.74) is 1.66. The molecule has 0 saturated carbocycles. The van der Waals surface area contributed by atoms with Crippen LogP contribution in [0, 0.1) is 0 Å². The lowest BCUT2D eigenvalue weighted by molar-refractivity contribution is 0.0642. The molecule has 5 nitrogen and oxygen atoms in total. The zero-order chi connectivity index (χ0) is 17.2. The molecule has 2 heterocycles. The van der Waals surface area contributed by atoms with E-state index in [1.165, 1.54) is 16.3 Å². The molecule has 126 valence electrons. The third kappa shape index (κ3) is 3.03. The van der Waals surface area contributed by atoms with Crippen molar-refractivity contribution < 1.29 is 9.26 Å². The molecule has 0 bridgehead atoms. The first-order chi connectivity index (χ1) is 11.6. The third-order valence-electron chi connectivity index (χ3n) is 3.66. The van der Waals surface area contributed by atoms with E-state index in [1.54, 1.807) is 0 Å². The van der Waals surface area contributed by atoms with Gasteiger partial charge in [0.05, 0.1) is 6.61 Å². The van der Waals surface area contributed by atoms with Crippen LogP contribution in [0.1, 0.15) is 31.7 Å². The average molecular weight is 409 g/mol. The van der Waals surface area contributed by atoms with Crippen LogP contribution in [0.5, 0.6) is 0 Å². The minimum Gasteiger partial charge on any atom is -0.348 e. The Balaban J connectivity index is 2.11. The van der Waals surface area contributed by atoms with E-state index < -0.39 is 10.7 Å². The molecular weight excluding hydrogens is 392 g/mol. The van der Waals surface area contributed by atoms with Gasteiger partial charge < -0.3 is 4.74 Å². The molecule has 0 aliphatic carbocycles. The second-order valence-corrected chi connectivity index (χ2v) is 7.26. The van der Waals surface area contributed by atoms with Gasteiger partial charge in [-0.25, -0.2) is 9.36 Å². The summed E-state index contributed by atoms with van der Waals surface area (Å²) < 4.78 is 13.6. The number of fused-ring (bicyclic) bond motifs is 1. The summed E-state index contributed by atoms with van der Waals surface area (Å²) >= 11 is 4.92. The second kappa shape index (κ2) is 7.13. The number of halogens is 1. The molecule has 24 heavy (non-hydrogen) atoms. The molecule has 2 aromatic rings. The number of ether oxygens (including phenoxy) is 1. The van der Waals surface area contributed by atoms with Crippen molar-refractivity contribution >= 4 is 33.4 Å². The van der Waals surface area contributed by atoms with Crippen molar-refractivity contribution in [3.8, 4) is 0 Å². The predicted molar refractivity (Wildman–Crippen MR) is 98.6 cm³/mol. The fraction of sp³-hybridized carbons (Fsp3) is 0.294. The maximum Gasteiger partial charge on any atom is 0.446 e. The highest BCUT2D eigenvalue weighted by Gasteiger charge is 2.44. The fourth-order valence-corrected chi connectivity index (χ4v) is 3.84. The molecule has 0 fully saturated rings. The van der Waals surface area contributed by atoms with Gasteiger partial charge in [-0.05, 0) is 30.9 Å². The number of allylic oxidation sites excluding steroid dienone is 2. The van der Waals surface area contributed by atoms with E-state index in [2.05, 4.69) is 28.0 Å². The highest BCUT2D eigenvalue weighted by atomic mass is 79.9. The van der Waals surface area contributed by atoms with Crippen LogP contribution in [0.25, 0.3) is 5.70 Å². The number of rotatable bonds is 5. The first-order valence-electron chi connectivity index (χ1n) is 7.57. The van der Waals surface area contributed by atoms with E-state index in [9.17, 15) is 4.79 Å². The standard InChI is InChI=1S/C17H17BrN2O3S/c1-3-4-5-10-22-17(13-6-8-14(18)9-7-13)15-19-23-16(21)20(15)12(2)11-24-17/h4-9,11H,3,10H2,1-2H3/b5-4+. The largest absolute Gasteiger partial charge is 0.446 e. The molecule has 3 rings (SSSR count). The van der Waals surface area contributed by atoms with Crippen molar-refractivity contribution in [2.75, 3.05) is 6.61 Å². The molecule has 0 N–H and O–H groups in total. The lowest BCUT2D eigenvalue weighted by Gasteiger charge is -2.33. The van der Waals surface area contributed by atoms with Crippen molar-refractivity contribution in [3.05, 3.63) is 68.2 Å². The van der Waals surface area contributed by atoms with Crippen LogP contribution in [0.4, 0.5) is 0 Å². The van der Waals surface area contributed by atoms with Crippen LogP contribution < -0.4 is 5.76 Å². The molecule has 0 amide bonds. The Labute approximate surface area is 152 Å². The molecule has 1 atom stereocenters. The first-order valence-corrected chi connectivity index (χ1v) is 9.25. The Morgan fingerprint density at radius 3 is 2.83 bits per heavy atom. The highest BCUT2D eigenvalue weighted by Crippen LogP contribution is 2.47. The van der Waals surface area contributed by atoms with Gasteiger partial charge in [-0.3, -0.25) is 4.52 Å². The van der Waals surface area contributed by atoms with Crippen LogP contribution in [0.15, 0.2) is 55.6 Å². The Kier molecular flexibility index (Phi) is 5.12. The summed E-state index contributed by atoms with van der Waals surface area (Å²) in [6.07, 6.45) is 4.95. The van der Waals surface area contributed by atoms with Gasteiger partial charge in [-0.15, -0.1) is 0 Å². The lowest BCUT2D eigenvalue weighted by atomic mass is 10.1. The van der Waals surface area contributed by atoms with Crippen molar-refractivity contribution in [3.63, 3.8) is 0 Å². The van der Waals surface area contributed by atoms with Gasteiger partial charge >= 0.3 is 5.76 Å². The monoisotopic (exact) mass is 408 g/mol. The van der Waals surface area contributed by atoms with Crippen molar-refractivity contribution in [1.29, 1.82) is 0 Å². The summed E-state index contributed by atoms with van der Waals surface area (Å²) in [7, 11) is 0. The van der Waals surface area contributed by atoms with Crippen LogP contribution in [0.3, 0.4) is 0 Å². The molecule has 7 heteroatoms. The fourth-order valence-electron chi connectivity index (χ4n) is 2.49. The Morgan fingerprint density at radius 1 is 1.38 bits per heavy atom. The topological polar surface area (TPSA) is 57.3 Å². The van der Waals surface area contributed by atoms with Crippen LogP contribution in [-0.2, 0) is 9.67 Å². The molecule has 0 spiro atoms. The summed E-state index contributed by atoms with van der Waals surface area (Å²) in [5.74, 6) is -0.0574. The first kappa shape index (κ1) is 17.3. The molecule has 0 radical (unpaired) electrons. The Hall–Kier alpha value is -1.57. The molecule has 1 aromatic carbocycles. The number of hydrogen-bond acceptors (Lipinski definition) is 5. The van der Waals surface area contributed by atoms with Crippen LogP contribution in [-0.4, -0.2) is 16.3 Å². The van der Waals surface area contributed by atoms with Gasteiger partial charge in [-0.2, -0.15) is 0 Å². The van der Waals surface area contributed by atoms with Gasteiger partial charge in [0.2, 0.25) is 10.8 Å². The van der Waals surface area contributed by atoms with E-state index in [1.807, 2.05) is 48.7 Å². The van der Waals surface area contributed by atoms with E-state index in [0.29, 0.717) is 12.4 Å². The van der Waals surface area contributed by atoms with Crippen molar-refractivity contribution in [2.45, 2.75) is 25.2 Å². The maximum absolute atomic E-state index is 12.0. The molecule has 1 unspecified atom stereocenters. The van der Waals surface area contributed by atoms with Gasteiger partial charge in [-0.1, -0.05) is 64.1 Å². The van der Waals surface area contributed by atoms with Gasteiger partial charge in [0.25, 0.3) is 0 Å². The zero-order valence-corrected chi connectivity index (χ0v) is 15.8. The summed E-state index contributed by atoms with van der Waals surface area (Å²) in [6.45, 7) is 4.32. The number of aromatic nitrogens is 2. The predicted octanol–water partition coefficient (Wildman–Crippen LogP) is 4.35. The van der Waals surface area contributed by atoms with Gasteiger partial charge in [0.1, 0.15) is 0 Å². The summed E-state index contributed by atoms with van der Waals surface area (Å²) in [6, 6.07) is 7.80. The molecule has 1 aliphatic heterocycles. The van der Waals surface area contributed by atoms with Crippen molar-refractivity contribution in [2.24, 2.45) is 0 Å². The number of nitrogens with zero attached hydrogens (tertiary/aromatic N) is 2. The summed E-state index contributed by atoms with van der Waals surface area (Å²) in [5, 5.41) is 5.91. The molecule has 0 saturated heterocycles. The molecule has 1 aliphatic rings. The third-order valence-corrected chi connectivity index (χ3v) is 5.51. The number of hydrogen-bond donors (Lipinski definition) is 0. The highest BCUT2D eigenvalue weighted by molar-refractivity contribution is 9.10. The van der Waals surface area contributed by atoms with E-state index >= 15 is 0 Å². The van der Waals surface area contributed by atoms with Gasteiger partial charge in [0.15, 0.2) is 0 Å². The maximum atomic E-state index is 12.0. The average Bonchev–Trinajstić information content (AvgIpc) is 2.98. The second-order valence-electron chi connectivity index (χ2n) is 5.30. The van der Waals surface area contributed by atoms with E-state index in [4.69, 9.17) is 9.26 Å².